The molecule has 0 radical (unpaired) electrons. The Hall–Kier alpha value is -3.33. The standard InChI is InChI=1S/C19H21N7O2/c1-13-16(15-10-22-18(20)23-11-15)24-19(26-5-7-27-8-6-26)25-17(13)28-12-14-3-2-4-21-9-14/h2-4,9-11H,5-8,12H2,1H3,(H2,20,22,23). The summed E-state index contributed by atoms with van der Waals surface area (Å²) < 4.78 is 11.5. The van der Waals surface area contributed by atoms with Gasteiger partial charge >= 0.3 is 0 Å². The predicted octanol–water partition coefficient (Wildman–Crippen LogP) is 1.63. The van der Waals surface area contributed by atoms with Gasteiger partial charge in [-0.2, -0.15) is 4.98 Å². The minimum atomic E-state index is 0.219. The van der Waals surface area contributed by atoms with Crippen molar-refractivity contribution in [2.75, 3.05) is 36.9 Å². The van der Waals surface area contributed by atoms with Gasteiger partial charge in [-0.05, 0) is 13.0 Å². The topological polar surface area (TPSA) is 112 Å². The van der Waals surface area contributed by atoms with Crippen molar-refractivity contribution in [2.24, 2.45) is 0 Å². The summed E-state index contributed by atoms with van der Waals surface area (Å²) in [6, 6.07) is 3.84. The molecule has 0 bridgehead atoms. The van der Waals surface area contributed by atoms with E-state index in [2.05, 4.69) is 24.8 Å². The summed E-state index contributed by atoms with van der Waals surface area (Å²) in [4.78, 5) is 23.8. The SMILES string of the molecule is Cc1c(OCc2cccnc2)nc(N2CCOCC2)nc1-c1cnc(N)nc1. The Morgan fingerprint density at radius 3 is 2.64 bits per heavy atom. The highest BCUT2D eigenvalue weighted by Crippen LogP contribution is 2.30. The molecule has 9 nitrogen and oxygen atoms in total. The zero-order valence-corrected chi connectivity index (χ0v) is 15.6. The molecule has 1 fully saturated rings. The van der Waals surface area contributed by atoms with Crippen molar-refractivity contribution in [1.82, 2.24) is 24.9 Å². The van der Waals surface area contributed by atoms with Gasteiger partial charge in [-0.1, -0.05) is 6.07 Å². The van der Waals surface area contributed by atoms with E-state index in [9.17, 15) is 0 Å². The van der Waals surface area contributed by atoms with Crippen LogP contribution in [0.15, 0.2) is 36.9 Å². The molecule has 144 valence electrons. The van der Waals surface area contributed by atoms with Crippen molar-refractivity contribution in [3.8, 4) is 17.1 Å². The quantitative estimate of drug-likeness (QED) is 0.707. The van der Waals surface area contributed by atoms with Gasteiger partial charge in [-0.25, -0.2) is 15.0 Å². The zero-order chi connectivity index (χ0) is 19.3. The van der Waals surface area contributed by atoms with Crippen LogP contribution in [0.1, 0.15) is 11.1 Å². The van der Waals surface area contributed by atoms with E-state index in [0.717, 1.165) is 35.5 Å². The maximum atomic E-state index is 6.03. The van der Waals surface area contributed by atoms with Gasteiger partial charge < -0.3 is 20.1 Å². The highest BCUT2D eigenvalue weighted by Gasteiger charge is 2.20. The molecule has 1 aliphatic rings. The number of hydrogen-bond acceptors (Lipinski definition) is 9. The fourth-order valence-corrected chi connectivity index (χ4v) is 2.91. The Kier molecular flexibility index (Phi) is 5.24. The third-order valence-electron chi connectivity index (χ3n) is 4.43. The summed E-state index contributed by atoms with van der Waals surface area (Å²) in [6.07, 6.45) is 6.82. The maximum absolute atomic E-state index is 6.03. The van der Waals surface area contributed by atoms with Gasteiger partial charge in [0, 0.05) is 54.6 Å². The molecule has 3 aromatic heterocycles. The normalized spacial score (nSPS) is 14.1. The average Bonchev–Trinajstić information content (AvgIpc) is 2.75. The highest BCUT2D eigenvalue weighted by molar-refractivity contribution is 5.65. The van der Waals surface area contributed by atoms with Crippen LogP contribution in [0.4, 0.5) is 11.9 Å². The van der Waals surface area contributed by atoms with Gasteiger partial charge in [0.1, 0.15) is 6.61 Å². The molecule has 2 N–H and O–H groups in total. The Morgan fingerprint density at radius 1 is 1.14 bits per heavy atom. The van der Waals surface area contributed by atoms with Gasteiger partial charge in [-0.15, -0.1) is 0 Å². The predicted molar refractivity (Wildman–Crippen MR) is 104 cm³/mol. The minimum Gasteiger partial charge on any atom is -0.472 e. The Morgan fingerprint density at radius 2 is 1.93 bits per heavy atom. The van der Waals surface area contributed by atoms with E-state index < -0.39 is 0 Å². The molecule has 4 heterocycles. The molecule has 0 amide bonds. The Balaban J connectivity index is 1.70. The first-order valence-corrected chi connectivity index (χ1v) is 9.01. The van der Waals surface area contributed by atoms with E-state index in [-0.39, 0.29) is 5.95 Å². The molecule has 1 aliphatic heterocycles. The molecule has 1 saturated heterocycles. The molecule has 28 heavy (non-hydrogen) atoms. The number of pyridine rings is 1. The first kappa shape index (κ1) is 18.1. The van der Waals surface area contributed by atoms with Crippen molar-refractivity contribution in [2.45, 2.75) is 13.5 Å². The lowest BCUT2D eigenvalue weighted by molar-refractivity contribution is 0.122. The number of hydrogen-bond donors (Lipinski definition) is 1. The summed E-state index contributed by atoms with van der Waals surface area (Å²) >= 11 is 0. The third kappa shape index (κ3) is 3.99. The van der Waals surface area contributed by atoms with Crippen molar-refractivity contribution in [3.63, 3.8) is 0 Å². The number of ether oxygens (including phenoxy) is 2. The molecule has 0 aromatic carbocycles. The number of nitrogens with zero attached hydrogens (tertiary/aromatic N) is 6. The van der Waals surface area contributed by atoms with Crippen LogP contribution in [-0.4, -0.2) is 51.2 Å². The molecular weight excluding hydrogens is 358 g/mol. The van der Waals surface area contributed by atoms with Crippen LogP contribution >= 0.6 is 0 Å². The second-order valence-electron chi connectivity index (χ2n) is 6.38. The van der Waals surface area contributed by atoms with Crippen LogP contribution in [0.25, 0.3) is 11.3 Å². The number of nitrogen functional groups attached to an aromatic ring is 1. The lowest BCUT2D eigenvalue weighted by atomic mass is 10.1. The fourth-order valence-electron chi connectivity index (χ4n) is 2.91. The van der Waals surface area contributed by atoms with Crippen molar-refractivity contribution in [3.05, 3.63) is 48.0 Å². The van der Waals surface area contributed by atoms with E-state index >= 15 is 0 Å². The van der Waals surface area contributed by atoms with Gasteiger partial charge in [-0.3, -0.25) is 4.98 Å². The number of morpholine rings is 1. The largest absolute Gasteiger partial charge is 0.472 e. The lowest BCUT2D eigenvalue weighted by Crippen LogP contribution is -2.37. The molecular formula is C19H21N7O2. The highest BCUT2D eigenvalue weighted by atomic mass is 16.5. The Bertz CT molecular complexity index is 929. The van der Waals surface area contributed by atoms with Crippen LogP contribution in [0.2, 0.25) is 0 Å². The van der Waals surface area contributed by atoms with Crippen LogP contribution in [0.5, 0.6) is 5.88 Å². The van der Waals surface area contributed by atoms with Crippen molar-refractivity contribution in [1.29, 1.82) is 0 Å². The van der Waals surface area contributed by atoms with Crippen molar-refractivity contribution < 1.29 is 9.47 Å². The summed E-state index contributed by atoms with van der Waals surface area (Å²) in [5.41, 5.74) is 8.88. The first-order valence-electron chi connectivity index (χ1n) is 9.01. The summed E-state index contributed by atoms with van der Waals surface area (Å²) in [6.45, 7) is 5.03. The Labute approximate surface area is 162 Å². The summed E-state index contributed by atoms with van der Waals surface area (Å²) in [5.74, 6) is 1.34. The van der Waals surface area contributed by atoms with E-state index in [1.54, 1.807) is 24.8 Å². The van der Waals surface area contributed by atoms with E-state index in [1.165, 1.54) is 0 Å². The van der Waals surface area contributed by atoms with Crippen LogP contribution in [0.3, 0.4) is 0 Å². The van der Waals surface area contributed by atoms with Crippen LogP contribution in [-0.2, 0) is 11.3 Å². The number of anilines is 2. The summed E-state index contributed by atoms with van der Waals surface area (Å²) in [5, 5.41) is 0. The first-order chi connectivity index (χ1) is 13.7. The number of nitrogens with two attached hydrogens (primary N) is 1. The molecule has 9 heteroatoms. The van der Waals surface area contributed by atoms with Crippen LogP contribution in [0, 0.1) is 6.92 Å². The summed E-state index contributed by atoms with van der Waals surface area (Å²) in [7, 11) is 0. The van der Waals surface area contributed by atoms with E-state index in [4.69, 9.17) is 20.2 Å². The number of rotatable bonds is 5. The second kappa shape index (κ2) is 8.13. The van der Waals surface area contributed by atoms with E-state index in [1.807, 2.05) is 19.1 Å². The fraction of sp³-hybridized carbons (Fsp3) is 0.316. The average molecular weight is 379 g/mol. The van der Waals surface area contributed by atoms with Crippen molar-refractivity contribution >= 4 is 11.9 Å². The molecule has 0 spiro atoms. The minimum absolute atomic E-state index is 0.219. The molecule has 3 aromatic rings. The molecule has 0 aliphatic carbocycles. The van der Waals surface area contributed by atoms with Gasteiger partial charge in [0.15, 0.2) is 0 Å². The van der Waals surface area contributed by atoms with Gasteiger partial charge in [0.2, 0.25) is 17.8 Å². The van der Waals surface area contributed by atoms with E-state index in [0.29, 0.717) is 31.6 Å². The maximum Gasteiger partial charge on any atom is 0.229 e. The molecule has 4 rings (SSSR count). The zero-order valence-electron chi connectivity index (χ0n) is 15.6. The van der Waals surface area contributed by atoms with Crippen LogP contribution < -0.4 is 15.4 Å². The molecule has 0 unspecified atom stereocenters. The third-order valence-corrected chi connectivity index (χ3v) is 4.43. The smallest absolute Gasteiger partial charge is 0.229 e. The second-order valence-corrected chi connectivity index (χ2v) is 6.38. The van der Waals surface area contributed by atoms with Gasteiger partial charge in [0.05, 0.1) is 18.9 Å². The number of aromatic nitrogens is 5. The lowest BCUT2D eigenvalue weighted by Gasteiger charge is -2.27. The monoisotopic (exact) mass is 379 g/mol. The molecule has 0 atom stereocenters. The molecule has 0 saturated carbocycles. The van der Waals surface area contributed by atoms with Gasteiger partial charge in [0.25, 0.3) is 0 Å².